The molecule has 1 saturated heterocycles. The Morgan fingerprint density at radius 3 is 1.78 bits per heavy atom. The molecule has 0 unspecified atom stereocenters. The molecule has 6 atom stereocenters. The third-order valence-corrected chi connectivity index (χ3v) is 4.67. The van der Waals surface area contributed by atoms with E-state index in [1.807, 2.05) is 0 Å². The highest BCUT2D eigenvalue weighted by Gasteiger charge is 2.61. The first-order valence-electron chi connectivity index (χ1n) is 10.9. The summed E-state index contributed by atoms with van der Waals surface area (Å²) in [7, 11) is 0.955. The van der Waals surface area contributed by atoms with Crippen molar-refractivity contribution in [3.05, 3.63) is 0 Å². The average Bonchev–Trinajstić information content (AvgIpc) is 2.74. The smallest absolute Gasteiger partial charge is 0.379 e. The summed E-state index contributed by atoms with van der Waals surface area (Å²) in [6.07, 6.45) is -8.97. The van der Waals surface area contributed by atoms with Gasteiger partial charge >= 0.3 is 47.6 Å². The van der Waals surface area contributed by atoms with Crippen LogP contribution in [-0.4, -0.2) is 91.8 Å². The summed E-state index contributed by atoms with van der Waals surface area (Å²) >= 11 is 0. The lowest BCUT2D eigenvalue weighted by Crippen LogP contribution is -2.66. The van der Waals surface area contributed by atoms with Gasteiger partial charge in [0.25, 0.3) is 0 Å². The van der Waals surface area contributed by atoms with Crippen LogP contribution in [0.1, 0.15) is 48.0 Å². The van der Waals surface area contributed by atoms with Crippen LogP contribution in [0.4, 0.5) is 0 Å². The van der Waals surface area contributed by atoms with Gasteiger partial charge in [0.05, 0.1) is 13.5 Å². The molecule has 0 spiro atoms. The molecule has 1 fully saturated rings. The minimum Gasteiger partial charge on any atom is -0.464 e. The van der Waals surface area contributed by atoms with E-state index in [2.05, 4.69) is 0 Å². The van der Waals surface area contributed by atoms with Gasteiger partial charge in [0.2, 0.25) is 0 Å². The summed E-state index contributed by atoms with van der Waals surface area (Å²) in [5.74, 6) is -9.28. The maximum atomic E-state index is 12.8. The van der Waals surface area contributed by atoms with Crippen LogP contribution in [0.2, 0.25) is 0 Å². The van der Waals surface area contributed by atoms with Gasteiger partial charge in [-0.3, -0.25) is 28.8 Å². The van der Waals surface area contributed by atoms with Crippen molar-refractivity contribution < 1.29 is 71.5 Å². The van der Waals surface area contributed by atoms with E-state index < -0.39 is 91.1 Å². The van der Waals surface area contributed by atoms with Crippen LogP contribution in [0.3, 0.4) is 0 Å². The van der Waals surface area contributed by atoms with E-state index in [0.29, 0.717) is 0 Å². The van der Waals surface area contributed by atoms with Crippen LogP contribution in [0.5, 0.6) is 0 Å². The highest BCUT2D eigenvalue weighted by molar-refractivity contribution is 5.82. The van der Waals surface area contributed by atoms with Crippen molar-refractivity contribution in [2.45, 2.75) is 84.3 Å². The number of hydrogen-bond donors (Lipinski definition) is 0. The molecule has 1 aliphatic rings. The van der Waals surface area contributed by atoms with E-state index in [9.17, 15) is 33.6 Å². The van der Waals surface area contributed by atoms with Crippen LogP contribution in [-0.2, 0) is 71.5 Å². The third-order valence-electron chi connectivity index (χ3n) is 4.67. The molecule has 1 aliphatic heterocycles. The number of esters is 7. The maximum absolute atomic E-state index is 12.8. The Labute approximate surface area is 211 Å². The zero-order valence-electron chi connectivity index (χ0n) is 21.4. The third kappa shape index (κ3) is 9.33. The predicted molar refractivity (Wildman–Crippen MR) is 115 cm³/mol. The fourth-order valence-electron chi connectivity index (χ4n) is 3.62. The Morgan fingerprint density at radius 1 is 0.784 bits per heavy atom. The topological polar surface area (TPSA) is 193 Å². The summed E-state index contributed by atoms with van der Waals surface area (Å²) in [4.78, 5) is 83.9. The van der Waals surface area contributed by atoms with E-state index in [-0.39, 0.29) is 0 Å². The molecule has 1 rings (SSSR count). The molecule has 15 heteroatoms. The van der Waals surface area contributed by atoms with Crippen LogP contribution in [0.25, 0.3) is 0 Å². The fraction of sp³-hybridized carbons (Fsp3) is 0.682. The van der Waals surface area contributed by atoms with Crippen LogP contribution in [0.15, 0.2) is 0 Å². The summed E-state index contributed by atoms with van der Waals surface area (Å²) in [6, 6.07) is 0. The summed E-state index contributed by atoms with van der Waals surface area (Å²) in [5, 5.41) is 0. The first-order valence-corrected chi connectivity index (χ1v) is 10.9. The lowest BCUT2D eigenvalue weighted by Gasteiger charge is -2.47. The highest BCUT2D eigenvalue weighted by atomic mass is 16.8. The molecule has 37 heavy (non-hydrogen) atoms. The Morgan fingerprint density at radius 2 is 1.35 bits per heavy atom. The SMILES string of the molecule is COC(=O)[C@]1(OC(C)=O)C[C@@H](OC(C)=O)[C@H](OC(C)=O)[C@@H]([C@@H](OC(C)=O)[C@H](COC(C)=O)OC(C)=O)O1. The number of carbonyl (C=O) groups is 7. The van der Waals surface area contributed by atoms with Crippen molar-refractivity contribution in [1.29, 1.82) is 0 Å². The minimum absolute atomic E-state index is 0.670. The van der Waals surface area contributed by atoms with Gasteiger partial charge < -0.3 is 37.9 Å². The molecule has 208 valence electrons. The summed E-state index contributed by atoms with van der Waals surface area (Å²) < 4.78 is 41.6. The summed E-state index contributed by atoms with van der Waals surface area (Å²) in [5.41, 5.74) is 0. The van der Waals surface area contributed by atoms with Crippen molar-refractivity contribution in [1.82, 2.24) is 0 Å². The predicted octanol–water partition coefficient (Wildman–Crippen LogP) is -0.502. The van der Waals surface area contributed by atoms with Gasteiger partial charge in [-0.25, -0.2) is 4.79 Å². The van der Waals surface area contributed by atoms with E-state index in [4.69, 9.17) is 37.9 Å². The molecule has 1 heterocycles. The summed E-state index contributed by atoms with van der Waals surface area (Å²) in [6.45, 7) is 5.37. The second-order valence-corrected chi connectivity index (χ2v) is 7.87. The Kier molecular flexibility index (Phi) is 11.4. The van der Waals surface area contributed by atoms with Crippen molar-refractivity contribution in [2.24, 2.45) is 0 Å². The van der Waals surface area contributed by atoms with E-state index in [1.54, 1.807) is 0 Å². The second-order valence-electron chi connectivity index (χ2n) is 7.87. The molecule has 0 N–H and O–H groups in total. The molecule has 0 aromatic heterocycles. The van der Waals surface area contributed by atoms with Gasteiger partial charge in [-0.1, -0.05) is 0 Å². The van der Waals surface area contributed by atoms with Gasteiger partial charge in [0.1, 0.15) is 18.8 Å². The molecular formula is C22H30O15. The lowest BCUT2D eigenvalue weighted by molar-refractivity contribution is -0.321. The second kappa shape index (κ2) is 13.5. The fourth-order valence-corrected chi connectivity index (χ4v) is 3.62. The van der Waals surface area contributed by atoms with Gasteiger partial charge in [-0.05, 0) is 0 Å². The molecule has 0 amide bonds. The van der Waals surface area contributed by atoms with E-state index in [0.717, 1.165) is 48.7 Å². The molecule has 0 aromatic carbocycles. The van der Waals surface area contributed by atoms with Gasteiger partial charge in [0, 0.05) is 41.5 Å². The largest absolute Gasteiger partial charge is 0.464 e. The molecular weight excluding hydrogens is 504 g/mol. The molecule has 0 bridgehead atoms. The molecule has 0 radical (unpaired) electrons. The van der Waals surface area contributed by atoms with Crippen LogP contribution in [0, 0.1) is 0 Å². The van der Waals surface area contributed by atoms with Crippen LogP contribution >= 0.6 is 0 Å². The zero-order chi connectivity index (χ0) is 28.5. The van der Waals surface area contributed by atoms with E-state index >= 15 is 0 Å². The maximum Gasteiger partial charge on any atom is 0.379 e. The average molecular weight is 534 g/mol. The molecule has 0 aromatic rings. The number of carbonyl (C=O) groups excluding carboxylic acids is 7. The Bertz CT molecular complexity index is 912. The zero-order valence-corrected chi connectivity index (χ0v) is 21.4. The minimum atomic E-state index is -2.58. The number of rotatable bonds is 10. The number of methoxy groups -OCH3 is 1. The van der Waals surface area contributed by atoms with E-state index in [1.165, 1.54) is 0 Å². The first kappa shape index (κ1) is 31.3. The highest BCUT2D eigenvalue weighted by Crippen LogP contribution is 2.38. The first-order chi connectivity index (χ1) is 17.1. The normalized spacial score (nSPS) is 24.4. The Hall–Kier alpha value is -3.75. The van der Waals surface area contributed by atoms with Gasteiger partial charge in [0.15, 0.2) is 18.3 Å². The molecule has 0 saturated carbocycles. The Balaban J connectivity index is 3.83. The van der Waals surface area contributed by atoms with Crippen molar-refractivity contribution >= 4 is 41.8 Å². The van der Waals surface area contributed by atoms with Gasteiger partial charge in [-0.2, -0.15) is 0 Å². The quantitative estimate of drug-likeness (QED) is 0.257. The molecule has 15 nitrogen and oxygen atoms in total. The van der Waals surface area contributed by atoms with Crippen LogP contribution < -0.4 is 0 Å². The monoisotopic (exact) mass is 534 g/mol. The number of ether oxygens (including phenoxy) is 8. The standard InChI is InChI=1S/C22H30O15/c1-10(23)31-9-17(33-12(3)25)19(35-14(5)27)20-18(34-13(4)26)16(32-11(2)24)8-22(37-20,21(29)30-7)36-15(6)28/h16-20H,8-9H2,1-7H3/t16-,17+,18+,19+,20+,22+/m1/s1. The number of hydrogen-bond acceptors (Lipinski definition) is 15. The van der Waals surface area contributed by atoms with Crippen molar-refractivity contribution in [3.63, 3.8) is 0 Å². The van der Waals surface area contributed by atoms with Crippen molar-refractivity contribution in [2.75, 3.05) is 13.7 Å². The lowest BCUT2D eigenvalue weighted by atomic mass is 9.89. The van der Waals surface area contributed by atoms with Gasteiger partial charge in [-0.15, -0.1) is 0 Å². The molecule has 0 aliphatic carbocycles. The van der Waals surface area contributed by atoms with Crippen molar-refractivity contribution in [3.8, 4) is 0 Å².